The summed E-state index contributed by atoms with van der Waals surface area (Å²) in [4.78, 5) is 12.4. The van der Waals surface area contributed by atoms with Crippen LogP contribution in [0.25, 0.3) is 0 Å². The van der Waals surface area contributed by atoms with Gasteiger partial charge in [0.2, 0.25) is 0 Å². The van der Waals surface area contributed by atoms with Gasteiger partial charge in [-0.05, 0) is 55.9 Å². The first kappa shape index (κ1) is 20.1. The second kappa shape index (κ2) is 9.01. The molecule has 3 rings (SSSR count). The van der Waals surface area contributed by atoms with Crippen LogP contribution in [0.2, 0.25) is 0 Å². The monoisotopic (exact) mass is 395 g/mol. The lowest BCUT2D eigenvalue weighted by atomic mass is 9.85. The topological polar surface area (TPSA) is 72.2 Å². The molecule has 0 spiro atoms. The van der Waals surface area contributed by atoms with Crippen molar-refractivity contribution in [1.82, 2.24) is 20.2 Å². The Kier molecular flexibility index (Phi) is 6.46. The van der Waals surface area contributed by atoms with Gasteiger partial charge in [0.05, 0.1) is 5.71 Å². The van der Waals surface area contributed by atoms with Crippen LogP contribution in [-0.2, 0) is 12.8 Å². The van der Waals surface area contributed by atoms with E-state index in [9.17, 15) is 4.79 Å². The van der Waals surface area contributed by atoms with Crippen LogP contribution in [0.15, 0.2) is 64.7 Å². The number of nitrogens with one attached hydrogen (secondary N) is 1. The lowest BCUT2D eigenvalue weighted by Gasteiger charge is -2.22. The van der Waals surface area contributed by atoms with E-state index < -0.39 is 0 Å². The van der Waals surface area contributed by atoms with Gasteiger partial charge in [-0.25, -0.2) is 5.43 Å². The number of carbonyl (C=O) groups excluding carboxylic acids is 1. The summed E-state index contributed by atoms with van der Waals surface area (Å²) in [5, 5.41) is 13.1. The molecule has 0 aliphatic heterocycles. The highest BCUT2D eigenvalue weighted by Crippen LogP contribution is 2.26. The fourth-order valence-electron chi connectivity index (χ4n) is 2.91. The van der Waals surface area contributed by atoms with Crippen LogP contribution in [-0.4, -0.2) is 26.4 Å². The molecule has 146 valence electrons. The van der Waals surface area contributed by atoms with E-state index in [2.05, 4.69) is 33.4 Å². The lowest BCUT2D eigenvalue weighted by molar-refractivity contribution is 0.0954. The van der Waals surface area contributed by atoms with Crippen molar-refractivity contribution >= 4 is 23.4 Å². The SMILES string of the molecule is C=C(C)C1CC=C(C)C(=NNC(=O)c2ccc(CSc3nncn3C)cc2)C1. The summed E-state index contributed by atoms with van der Waals surface area (Å²) >= 11 is 1.61. The summed E-state index contributed by atoms with van der Waals surface area (Å²) in [6, 6.07) is 7.55. The van der Waals surface area contributed by atoms with Crippen LogP contribution in [0.3, 0.4) is 0 Å². The molecule has 1 aromatic carbocycles. The Labute approximate surface area is 169 Å². The van der Waals surface area contributed by atoms with Gasteiger partial charge in [-0.2, -0.15) is 5.10 Å². The Bertz CT molecular complexity index is 927. The van der Waals surface area contributed by atoms with Gasteiger partial charge in [-0.1, -0.05) is 42.1 Å². The summed E-state index contributed by atoms with van der Waals surface area (Å²) in [5.74, 6) is 0.957. The zero-order valence-electron chi connectivity index (χ0n) is 16.5. The molecule has 0 saturated carbocycles. The predicted molar refractivity (Wildman–Crippen MR) is 113 cm³/mol. The highest BCUT2D eigenvalue weighted by molar-refractivity contribution is 7.98. The second-order valence-electron chi connectivity index (χ2n) is 7.08. The maximum absolute atomic E-state index is 12.4. The molecule has 1 aromatic heterocycles. The van der Waals surface area contributed by atoms with Crippen LogP contribution < -0.4 is 5.43 Å². The Hall–Kier alpha value is -2.67. The van der Waals surface area contributed by atoms with Crippen LogP contribution >= 0.6 is 11.8 Å². The molecular formula is C21H25N5OS. The first-order valence-corrected chi connectivity index (χ1v) is 10.2. The zero-order chi connectivity index (χ0) is 20.1. The standard InChI is InChI=1S/C21H25N5OS/c1-14(2)18-8-5-15(3)19(11-18)23-24-20(27)17-9-6-16(7-10-17)12-28-21-25-22-13-26(21)4/h5-7,9-10,13,18H,1,8,11-12H2,2-4H3,(H,24,27). The van der Waals surface area contributed by atoms with Gasteiger partial charge in [-0.15, -0.1) is 10.2 Å². The number of amides is 1. The Morgan fingerprint density at radius 3 is 2.79 bits per heavy atom. The molecule has 1 aliphatic carbocycles. The number of allylic oxidation sites excluding steroid dienone is 3. The zero-order valence-corrected chi connectivity index (χ0v) is 17.3. The van der Waals surface area contributed by atoms with E-state index in [1.807, 2.05) is 49.7 Å². The van der Waals surface area contributed by atoms with Crippen molar-refractivity contribution in [2.75, 3.05) is 0 Å². The fraction of sp³-hybridized carbons (Fsp3) is 0.333. The predicted octanol–water partition coefficient (Wildman–Crippen LogP) is 4.13. The molecule has 0 bridgehead atoms. The fourth-order valence-corrected chi connectivity index (χ4v) is 3.75. The normalized spacial score (nSPS) is 18.0. The van der Waals surface area contributed by atoms with E-state index in [0.29, 0.717) is 11.5 Å². The Morgan fingerprint density at radius 2 is 2.14 bits per heavy atom. The summed E-state index contributed by atoms with van der Waals surface area (Å²) < 4.78 is 1.88. The molecule has 6 nitrogen and oxygen atoms in total. The van der Waals surface area contributed by atoms with Crippen LogP contribution in [0.5, 0.6) is 0 Å². The molecule has 1 N–H and O–H groups in total. The van der Waals surface area contributed by atoms with Crippen molar-refractivity contribution in [2.24, 2.45) is 18.1 Å². The van der Waals surface area contributed by atoms with Crippen LogP contribution in [0.4, 0.5) is 0 Å². The number of hydrazone groups is 1. The molecule has 7 heteroatoms. The van der Waals surface area contributed by atoms with E-state index in [4.69, 9.17) is 0 Å². The van der Waals surface area contributed by atoms with Crippen molar-refractivity contribution in [3.63, 3.8) is 0 Å². The van der Waals surface area contributed by atoms with E-state index in [1.54, 1.807) is 18.1 Å². The minimum absolute atomic E-state index is 0.203. The quantitative estimate of drug-likeness (QED) is 0.454. The first-order chi connectivity index (χ1) is 13.4. The van der Waals surface area contributed by atoms with Gasteiger partial charge in [0.1, 0.15) is 6.33 Å². The van der Waals surface area contributed by atoms with Gasteiger partial charge in [0.15, 0.2) is 5.16 Å². The second-order valence-corrected chi connectivity index (χ2v) is 8.02. The number of thioether (sulfide) groups is 1. The minimum atomic E-state index is -0.203. The number of aromatic nitrogens is 3. The Morgan fingerprint density at radius 1 is 1.39 bits per heavy atom. The highest BCUT2D eigenvalue weighted by Gasteiger charge is 2.19. The number of carbonyl (C=O) groups is 1. The smallest absolute Gasteiger partial charge is 0.271 e. The Balaban J connectivity index is 1.58. The molecule has 1 atom stereocenters. The van der Waals surface area contributed by atoms with E-state index in [0.717, 1.165) is 46.2 Å². The van der Waals surface area contributed by atoms with Gasteiger partial charge in [0, 0.05) is 18.4 Å². The van der Waals surface area contributed by atoms with Crippen LogP contribution in [0.1, 0.15) is 42.6 Å². The van der Waals surface area contributed by atoms with Gasteiger partial charge >= 0.3 is 0 Å². The van der Waals surface area contributed by atoms with Crippen LogP contribution in [0, 0.1) is 5.92 Å². The average molecular weight is 396 g/mol. The lowest BCUT2D eigenvalue weighted by Crippen LogP contribution is -2.23. The molecule has 0 saturated heterocycles. The number of nitrogens with zero attached hydrogens (tertiary/aromatic N) is 4. The minimum Gasteiger partial charge on any atom is -0.312 e. The van der Waals surface area contributed by atoms with Crippen molar-refractivity contribution in [3.05, 3.63) is 65.5 Å². The van der Waals surface area contributed by atoms with Crippen molar-refractivity contribution in [1.29, 1.82) is 0 Å². The number of rotatable bonds is 6. The molecule has 1 aliphatic rings. The number of aryl methyl sites for hydroxylation is 1. The third kappa shape index (κ3) is 4.98. The number of hydrogen-bond acceptors (Lipinski definition) is 5. The van der Waals surface area contributed by atoms with Gasteiger partial charge in [-0.3, -0.25) is 4.79 Å². The largest absolute Gasteiger partial charge is 0.312 e. The summed E-state index contributed by atoms with van der Waals surface area (Å²) in [6.07, 6.45) is 5.65. The molecule has 1 heterocycles. The maximum Gasteiger partial charge on any atom is 0.271 e. The number of hydrogen-bond donors (Lipinski definition) is 1. The van der Waals surface area contributed by atoms with E-state index in [-0.39, 0.29) is 5.91 Å². The van der Waals surface area contributed by atoms with Gasteiger partial charge < -0.3 is 4.57 Å². The summed E-state index contributed by atoms with van der Waals surface area (Å²) in [5.41, 5.74) is 7.59. The molecule has 2 aromatic rings. The van der Waals surface area contributed by atoms with Crippen molar-refractivity contribution in [3.8, 4) is 0 Å². The van der Waals surface area contributed by atoms with Crippen molar-refractivity contribution < 1.29 is 4.79 Å². The summed E-state index contributed by atoms with van der Waals surface area (Å²) in [6.45, 7) is 8.12. The molecule has 28 heavy (non-hydrogen) atoms. The average Bonchev–Trinajstić information content (AvgIpc) is 3.10. The molecule has 1 amide bonds. The molecular weight excluding hydrogens is 370 g/mol. The maximum atomic E-state index is 12.4. The summed E-state index contributed by atoms with van der Waals surface area (Å²) in [7, 11) is 1.92. The first-order valence-electron chi connectivity index (χ1n) is 9.19. The van der Waals surface area contributed by atoms with E-state index >= 15 is 0 Å². The third-order valence-electron chi connectivity index (χ3n) is 4.85. The molecule has 1 unspecified atom stereocenters. The highest BCUT2D eigenvalue weighted by atomic mass is 32.2. The van der Waals surface area contributed by atoms with E-state index in [1.165, 1.54) is 0 Å². The van der Waals surface area contributed by atoms with Crippen molar-refractivity contribution in [2.45, 2.75) is 37.6 Å². The number of benzene rings is 1. The molecule has 0 radical (unpaired) electrons. The van der Waals surface area contributed by atoms with Gasteiger partial charge in [0.25, 0.3) is 5.91 Å². The molecule has 0 fully saturated rings. The third-order valence-corrected chi connectivity index (χ3v) is 5.95.